The molecular formula is C16H26N4O. The average Bonchev–Trinajstić information content (AvgIpc) is 3.02. The number of nitrogens with zero attached hydrogens (tertiary/aromatic N) is 3. The van der Waals surface area contributed by atoms with Crippen molar-refractivity contribution >= 4 is 5.91 Å². The minimum Gasteiger partial charge on any atom is -0.348 e. The second kappa shape index (κ2) is 6.18. The molecule has 1 aromatic rings. The van der Waals surface area contributed by atoms with Gasteiger partial charge in [0.05, 0.1) is 6.33 Å². The Morgan fingerprint density at radius 3 is 3.05 bits per heavy atom. The summed E-state index contributed by atoms with van der Waals surface area (Å²) in [5.41, 5.74) is 1.46. The zero-order chi connectivity index (χ0) is 14.7. The van der Waals surface area contributed by atoms with E-state index < -0.39 is 0 Å². The van der Waals surface area contributed by atoms with E-state index in [1.807, 2.05) is 6.20 Å². The first-order chi connectivity index (χ1) is 10.2. The molecule has 2 saturated heterocycles. The van der Waals surface area contributed by atoms with Crippen LogP contribution in [-0.4, -0.2) is 58.4 Å². The first-order valence-electron chi connectivity index (χ1n) is 8.18. The van der Waals surface area contributed by atoms with Crippen molar-refractivity contribution in [3.8, 4) is 0 Å². The van der Waals surface area contributed by atoms with Crippen molar-refractivity contribution in [2.75, 3.05) is 32.7 Å². The lowest BCUT2D eigenvalue weighted by Crippen LogP contribution is -2.54. The van der Waals surface area contributed by atoms with Crippen LogP contribution < -0.4 is 0 Å². The quantitative estimate of drug-likeness (QED) is 0.918. The fraction of sp³-hybridized carbons (Fsp3) is 0.750. The fourth-order valence-corrected chi connectivity index (χ4v) is 3.90. The Hall–Kier alpha value is -1.36. The summed E-state index contributed by atoms with van der Waals surface area (Å²) in [7, 11) is 0. The fourth-order valence-electron chi connectivity index (χ4n) is 3.90. The maximum absolute atomic E-state index is 12.2. The molecule has 0 bridgehead atoms. The zero-order valence-corrected chi connectivity index (χ0v) is 13.0. The molecule has 5 heteroatoms. The van der Waals surface area contributed by atoms with Crippen LogP contribution in [0.2, 0.25) is 0 Å². The number of carbonyl (C=O) groups is 1. The van der Waals surface area contributed by atoms with Gasteiger partial charge in [0.1, 0.15) is 0 Å². The van der Waals surface area contributed by atoms with Crippen molar-refractivity contribution in [1.29, 1.82) is 0 Å². The SMILES string of the molecule is CCN1CCC[C@@]2(CCC(=O)N(CCc3cnc[nH]3)C2)C1. The Morgan fingerprint density at radius 1 is 1.38 bits per heavy atom. The molecule has 1 N–H and O–H groups in total. The number of hydrogen-bond donors (Lipinski definition) is 1. The van der Waals surface area contributed by atoms with Crippen molar-refractivity contribution in [2.24, 2.45) is 5.41 Å². The van der Waals surface area contributed by atoms with Gasteiger partial charge >= 0.3 is 0 Å². The van der Waals surface area contributed by atoms with Gasteiger partial charge in [0.25, 0.3) is 0 Å². The van der Waals surface area contributed by atoms with E-state index in [1.54, 1.807) is 6.33 Å². The van der Waals surface area contributed by atoms with Crippen LogP contribution in [0.3, 0.4) is 0 Å². The molecule has 2 aliphatic heterocycles. The van der Waals surface area contributed by atoms with Crippen LogP contribution >= 0.6 is 0 Å². The second-order valence-electron chi connectivity index (χ2n) is 6.61. The van der Waals surface area contributed by atoms with E-state index in [9.17, 15) is 4.79 Å². The Kier molecular flexibility index (Phi) is 4.29. The smallest absolute Gasteiger partial charge is 0.222 e. The standard InChI is InChI=1S/C16H26N4O/c1-2-19-8-3-6-16(11-19)7-4-15(21)20(12-16)9-5-14-10-17-13-18-14/h10,13H,2-9,11-12H2,1H3,(H,17,18)/t16-/m1/s1. The minimum absolute atomic E-state index is 0.328. The molecule has 3 rings (SSSR count). The lowest BCUT2D eigenvalue weighted by Gasteiger charge is -2.48. The van der Waals surface area contributed by atoms with Gasteiger partial charge in [0.2, 0.25) is 5.91 Å². The molecule has 2 aliphatic rings. The maximum Gasteiger partial charge on any atom is 0.222 e. The summed E-state index contributed by atoms with van der Waals surface area (Å²) in [6.07, 6.45) is 8.77. The summed E-state index contributed by atoms with van der Waals surface area (Å²) >= 11 is 0. The Labute approximate surface area is 126 Å². The predicted octanol–water partition coefficient (Wildman–Crippen LogP) is 1.68. The molecule has 3 heterocycles. The lowest BCUT2D eigenvalue weighted by molar-refractivity contribution is -0.139. The minimum atomic E-state index is 0.328. The number of nitrogens with one attached hydrogen (secondary N) is 1. The molecule has 0 saturated carbocycles. The van der Waals surface area contributed by atoms with E-state index in [1.165, 1.54) is 19.4 Å². The Morgan fingerprint density at radius 2 is 2.29 bits per heavy atom. The van der Waals surface area contributed by atoms with E-state index >= 15 is 0 Å². The second-order valence-corrected chi connectivity index (χ2v) is 6.61. The highest BCUT2D eigenvalue weighted by Gasteiger charge is 2.41. The van der Waals surface area contributed by atoms with Gasteiger partial charge in [0.15, 0.2) is 0 Å². The number of hydrogen-bond acceptors (Lipinski definition) is 3. The van der Waals surface area contributed by atoms with Gasteiger partial charge in [-0.25, -0.2) is 4.98 Å². The monoisotopic (exact) mass is 290 g/mol. The van der Waals surface area contributed by atoms with Crippen LogP contribution in [0.1, 0.15) is 38.3 Å². The Balaban J connectivity index is 1.62. The number of amides is 1. The first kappa shape index (κ1) is 14.6. The summed E-state index contributed by atoms with van der Waals surface area (Å²) in [4.78, 5) is 24.0. The summed E-state index contributed by atoms with van der Waals surface area (Å²) < 4.78 is 0. The zero-order valence-electron chi connectivity index (χ0n) is 13.0. The molecule has 21 heavy (non-hydrogen) atoms. The molecule has 1 aromatic heterocycles. The molecule has 0 unspecified atom stereocenters. The lowest BCUT2D eigenvalue weighted by atomic mass is 9.73. The number of piperidine rings is 2. The maximum atomic E-state index is 12.2. The third kappa shape index (κ3) is 3.28. The Bertz CT molecular complexity index is 473. The summed E-state index contributed by atoms with van der Waals surface area (Å²) in [6.45, 7) is 7.51. The predicted molar refractivity (Wildman–Crippen MR) is 81.9 cm³/mol. The first-order valence-corrected chi connectivity index (χ1v) is 8.18. The summed E-state index contributed by atoms with van der Waals surface area (Å²) in [6, 6.07) is 0. The number of aromatic amines is 1. The highest BCUT2D eigenvalue weighted by atomic mass is 16.2. The van der Waals surface area contributed by atoms with Crippen molar-refractivity contribution in [1.82, 2.24) is 19.8 Å². The molecule has 5 nitrogen and oxygen atoms in total. The number of H-pyrrole nitrogens is 1. The molecule has 0 radical (unpaired) electrons. The molecule has 1 amide bonds. The highest BCUT2D eigenvalue weighted by molar-refractivity contribution is 5.77. The van der Waals surface area contributed by atoms with Gasteiger partial charge in [-0.1, -0.05) is 6.92 Å². The normalized spacial score (nSPS) is 27.5. The van der Waals surface area contributed by atoms with Gasteiger partial charge in [0, 0.05) is 49.8 Å². The molecule has 0 aromatic carbocycles. The topological polar surface area (TPSA) is 52.2 Å². The van der Waals surface area contributed by atoms with E-state index in [0.29, 0.717) is 11.3 Å². The third-order valence-electron chi connectivity index (χ3n) is 5.14. The number of rotatable bonds is 4. The number of aromatic nitrogens is 2. The molecule has 2 fully saturated rings. The van der Waals surface area contributed by atoms with Gasteiger partial charge in [-0.05, 0) is 32.4 Å². The third-order valence-corrected chi connectivity index (χ3v) is 5.14. The van der Waals surface area contributed by atoms with E-state index in [-0.39, 0.29) is 0 Å². The van der Waals surface area contributed by atoms with Gasteiger partial charge in [-0.15, -0.1) is 0 Å². The highest BCUT2D eigenvalue weighted by Crippen LogP contribution is 2.38. The van der Waals surface area contributed by atoms with Crippen LogP contribution in [0, 0.1) is 5.41 Å². The molecule has 1 spiro atoms. The summed E-state index contributed by atoms with van der Waals surface area (Å²) in [5, 5.41) is 0. The molecular weight excluding hydrogens is 264 g/mol. The van der Waals surface area contributed by atoms with E-state index in [4.69, 9.17) is 0 Å². The van der Waals surface area contributed by atoms with E-state index in [2.05, 4.69) is 26.7 Å². The number of carbonyl (C=O) groups excluding carboxylic acids is 1. The van der Waals surface area contributed by atoms with E-state index in [0.717, 1.165) is 51.1 Å². The van der Waals surface area contributed by atoms with Gasteiger partial charge in [-0.3, -0.25) is 4.79 Å². The number of likely N-dealkylation sites (tertiary alicyclic amines) is 2. The average molecular weight is 290 g/mol. The van der Waals surface area contributed by atoms with Crippen molar-refractivity contribution in [2.45, 2.75) is 39.0 Å². The van der Waals surface area contributed by atoms with Crippen LogP contribution in [0.4, 0.5) is 0 Å². The summed E-state index contributed by atoms with van der Waals surface area (Å²) in [5.74, 6) is 0.328. The van der Waals surface area contributed by atoms with Gasteiger partial charge in [-0.2, -0.15) is 0 Å². The van der Waals surface area contributed by atoms with Crippen molar-refractivity contribution < 1.29 is 4.79 Å². The van der Waals surface area contributed by atoms with Gasteiger partial charge < -0.3 is 14.8 Å². The molecule has 1 atom stereocenters. The van der Waals surface area contributed by atoms with Crippen molar-refractivity contribution in [3.63, 3.8) is 0 Å². The van der Waals surface area contributed by atoms with Crippen LogP contribution in [0.5, 0.6) is 0 Å². The molecule has 0 aliphatic carbocycles. The molecule has 116 valence electrons. The van der Waals surface area contributed by atoms with Crippen LogP contribution in [0.25, 0.3) is 0 Å². The largest absolute Gasteiger partial charge is 0.348 e. The number of imidazole rings is 1. The van der Waals surface area contributed by atoms with Crippen LogP contribution in [-0.2, 0) is 11.2 Å². The van der Waals surface area contributed by atoms with Crippen molar-refractivity contribution in [3.05, 3.63) is 18.2 Å². The van der Waals surface area contributed by atoms with Crippen LogP contribution in [0.15, 0.2) is 12.5 Å².